The van der Waals surface area contributed by atoms with Crippen LogP contribution in [-0.4, -0.2) is 25.0 Å². The number of hydrogen-bond donors (Lipinski definition) is 2. The highest BCUT2D eigenvalue weighted by molar-refractivity contribution is 9.10. The number of hydrazine groups is 1. The van der Waals surface area contributed by atoms with Crippen LogP contribution >= 0.6 is 27.5 Å². The van der Waals surface area contributed by atoms with Gasteiger partial charge >= 0.3 is 0 Å². The monoisotopic (exact) mass is 454 g/mol. The van der Waals surface area contributed by atoms with E-state index in [1.165, 1.54) is 5.56 Å². The highest BCUT2D eigenvalue weighted by atomic mass is 79.9. The molecule has 0 aromatic heterocycles. The number of carbonyl (C=O) groups is 2. The summed E-state index contributed by atoms with van der Waals surface area (Å²) >= 11 is 9.27. The third-order valence-corrected chi connectivity index (χ3v) is 4.30. The smallest absolute Gasteiger partial charge is 0.276 e. The van der Waals surface area contributed by atoms with E-state index in [1.807, 2.05) is 12.1 Å². The van der Waals surface area contributed by atoms with Crippen molar-refractivity contribution >= 4 is 39.3 Å². The minimum atomic E-state index is -0.524. The van der Waals surface area contributed by atoms with E-state index < -0.39 is 11.8 Å². The largest absolute Gasteiger partial charge is 0.484 e. The summed E-state index contributed by atoms with van der Waals surface area (Å²) in [4.78, 5) is 23.5. The number of nitrogens with one attached hydrogen (secondary N) is 2. The van der Waals surface area contributed by atoms with E-state index in [2.05, 4.69) is 40.6 Å². The highest BCUT2D eigenvalue weighted by Gasteiger charge is 2.09. The highest BCUT2D eigenvalue weighted by Crippen LogP contribution is 2.27. The molecule has 27 heavy (non-hydrogen) atoms. The number of amides is 2. The van der Waals surface area contributed by atoms with Gasteiger partial charge in [-0.05, 0) is 41.8 Å². The van der Waals surface area contributed by atoms with Crippen molar-refractivity contribution in [3.8, 4) is 11.5 Å². The van der Waals surface area contributed by atoms with Crippen molar-refractivity contribution in [1.82, 2.24) is 10.9 Å². The fourth-order valence-electron chi connectivity index (χ4n) is 2.04. The summed E-state index contributed by atoms with van der Waals surface area (Å²) in [5.74, 6) is 0.359. The summed E-state index contributed by atoms with van der Waals surface area (Å²) in [7, 11) is 0. The van der Waals surface area contributed by atoms with E-state index in [0.717, 1.165) is 4.47 Å². The van der Waals surface area contributed by atoms with Crippen molar-refractivity contribution in [3.05, 3.63) is 57.5 Å². The minimum Gasteiger partial charge on any atom is -0.484 e. The van der Waals surface area contributed by atoms with Gasteiger partial charge in [-0.3, -0.25) is 20.4 Å². The maximum absolute atomic E-state index is 11.7. The van der Waals surface area contributed by atoms with Gasteiger partial charge in [0.05, 0.1) is 5.02 Å². The number of hydrogen-bond acceptors (Lipinski definition) is 4. The maximum atomic E-state index is 11.7. The van der Waals surface area contributed by atoms with Gasteiger partial charge in [-0.15, -0.1) is 0 Å². The van der Waals surface area contributed by atoms with Gasteiger partial charge in [0.15, 0.2) is 13.2 Å². The summed E-state index contributed by atoms with van der Waals surface area (Å²) in [6.07, 6.45) is 0. The van der Waals surface area contributed by atoms with E-state index in [1.54, 1.807) is 30.3 Å². The predicted molar refractivity (Wildman–Crippen MR) is 107 cm³/mol. The van der Waals surface area contributed by atoms with Crippen LogP contribution in [0.25, 0.3) is 0 Å². The Morgan fingerprint density at radius 1 is 1.00 bits per heavy atom. The van der Waals surface area contributed by atoms with Crippen molar-refractivity contribution in [2.45, 2.75) is 19.8 Å². The third kappa shape index (κ3) is 7.11. The molecule has 0 spiro atoms. The van der Waals surface area contributed by atoms with Gasteiger partial charge in [0, 0.05) is 4.47 Å². The summed E-state index contributed by atoms with van der Waals surface area (Å²) in [5, 5.41) is 0.373. The quantitative estimate of drug-likeness (QED) is 0.622. The molecule has 6 nitrogen and oxygen atoms in total. The van der Waals surface area contributed by atoms with Crippen LogP contribution < -0.4 is 20.3 Å². The molecule has 2 aromatic carbocycles. The average molecular weight is 456 g/mol. The van der Waals surface area contributed by atoms with Crippen molar-refractivity contribution in [3.63, 3.8) is 0 Å². The van der Waals surface area contributed by atoms with Gasteiger partial charge in [-0.2, -0.15) is 0 Å². The van der Waals surface area contributed by atoms with E-state index >= 15 is 0 Å². The van der Waals surface area contributed by atoms with Gasteiger partial charge in [0.1, 0.15) is 11.5 Å². The SMILES string of the molecule is CC(C)c1ccc(OCC(=O)NNC(=O)COc2ccc(Br)cc2Cl)cc1. The number of rotatable bonds is 7. The molecule has 2 N–H and O–H groups in total. The fourth-order valence-corrected chi connectivity index (χ4v) is 2.77. The Hall–Kier alpha value is -2.25. The van der Waals surface area contributed by atoms with E-state index in [9.17, 15) is 9.59 Å². The van der Waals surface area contributed by atoms with Gasteiger partial charge < -0.3 is 9.47 Å². The normalized spacial score (nSPS) is 10.4. The van der Waals surface area contributed by atoms with Crippen LogP contribution in [0.4, 0.5) is 0 Å². The second-order valence-electron chi connectivity index (χ2n) is 5.97. The summed E-state index contributed by atoms with van der Waals surface area (Å²) in [6, 6.07) is 12.5. The Bertz CT molecular complexity index is 797. The second kappa shape index (κ2) is 10.2. The van der Waals surface area contributed by atoms with Crippen LogP contribution in [0, 0.1) is 0 Å². The van der Waals surface area contributed by atoms with Crippen molar-refractivity contribution in [2.75, 3.05) is 13.2 Å². The summed E-state index contributed by atoms with van der Waals surface area (Å²) in [6.45, 7) is 3.68. The molecule has 2 amide bonds. The zero-order valence-electron chi connectivity index (χ0n) is 14.9. The lowest BCUT2D eigenvalue weighted by Gasteiger charge is -2.11. The van der Waals surface area contributed by atoms with Crippen molar-refractivity contribution in [2.24, 2.45) is 0 Å². The fraction of sp³-hybridized carbons (Fsp3) is 0.263. The molecule has 0 aliphatic carbocycles. The van der Waals surface area contributed by atoms with Crippen molar-refractivity contribution in [1.29, 1.82) is 0 Å². The topological polar surface area (TPSA) is 76.7 Å². The molecule has 0 radical (unpaired) electrons. The molecule has 0 aliphatic heterocycles. The summed E-state index contributed by atoms with van der Waals surface area (Å²) in [5.41, 5.74) is 5.69. The molecule has 0 aliphatic rings. The zero-order chi connectivity index (χ0) is 19.8. The van der Waals surface area contributed by atoms with E-state index in [4.69, 9.17) is 21.1 Å². The van der Waals surface area contributed by atoms with Crippen LogP contribution in [0.5, 0.6) is 11.5 Å². The summed E-state index contributed by atoms with van der Waals surface area (Å²) < 4.78 is 11.5. The Kier molecular flexibility index (Phi) is 7.94. The number of benzene rings is 2. The minimum absolute atomic E-state index is 0.222. The Labute approximate surface area is 171 Å². The maximum Gasteiger partial charge on any atom is 0.276 e. The molecule has 0 saturated heterocycles. The molecule has 0 bridgehead atoms. The molecule has 0 fully saturated rings. The van der Waals surface area contributed by atoms with Crippen LogP contribution in [-0.2, 0) is 9.59 Å². The van der Waals surface area contributed by atoms with Crippen LogP contribution in [0.1, 0.15) is 25.3 Å². The van der Waals surface area contributed by atoms with Crippen LogP contribution in [0.2, 0.25) is 5.02 Å². The molecule has 0 heterocycles. The molecule has 8 heteroatoms. The first-order valence-corrected chi connectivity index (χ1v) is 9.40. The van der Waals surface area contributed by atoms with Crippen LogP contribution in [0.3, 0.4) is 0 Å². The zero-order valence-corrected chi connectivity index (χ0v) is 17.3. The molecule has 0 saturated carbocycles. The third-order valence-electron chi connectivity index (χ3n) is 3.51. The van der Waals surface area contributed by atoms with Gasteiger partial charge in [0.25, 0.3) is 11.8 Å². The van der Waals surface area contributed by atoms with E-state index in [0.29, 0.717) is 22.4 Å². The number of carbonyl (C=O) groups excluding carboxylic acids is 2. The van der Waals surface area contributed by atoms with Crippen LogP contribution in [0.15, 0.2) is 46.9 Å². The molecular weight excluding hydrogens is 436 g/mol. The van der Waals surface area contributed by atoms with Gasteiger partial charge in [-0.25, -0.2) is 0 Å². The predicted octanol–water partition coefficient (Wildman–Crippen LogP) is 3.83. The molecule has 0 atom stereocenters. The van der Waals surface area contributed by atoms with Crippen molar-refractivity contribution < 1.29 is 19.1 Å². The first kappa shape index (κ1) is 21.1. The lowest BCUT2D eigenvalue weighted by molar-refractivity contribution is -0.131. The first-order chi connectivity index (χ1) is 12.8. The number of halogens is 2. The average Bonchev–Trinajstić information content (AvgIpc) is 2.64. The van der Waals surface area contributed by atoms with Gasteiger partial charge in [0.2, 0.25) is 0 Å². The molecule has 2 rings (SSSR count). The van der Waals surface area contributed by atoms with Gasteiger partial charge in [-0.1, -0.05) is 53.5 Å². The Morgan fingerprint density at radius 2 is 1.59 bits per heavy atom. The lowest BCUT2D eigenvalue weighted by atomic mass is 10.0. The Balaban J connectivity index is 1.69. The number of ether oxygens (including phenoxy) is 2. The molecule has 2 aromatic rings. The first-order valence-electron chi connectivity index (χ1n) is 8.23. The molecule has 144 valence electrons. The standard InChI is InChI=1S/C19H20BrClN2O4/c1-12(2)13-3-6-15(7-4-13)26-10-18(24)22-23-19(25)11-27-17-8-5-14(20)9-16(17)21/h3-9,12H,10-11H2,1-2H3,(H,22,24)(H,23,25). The lowest BCUT2D eigenvalue weighted by Crippen LogP contribution is -2.45. The molecule has 0 unspecified atom stereocenters. The second-order valence-corrected chi connectivity index (χ2v) is 7.30. The Morgan fingerprint density at radius 3 is 2.15 bits per heavy atom. The van der Waals surface area contributed by atoms with E-state index in [-0.39, 0.29) is 13.2 Å². The molecular formula is C19H20BrClN2O4.